The van der Waals surface area contributed by atoms with E-state index in [1.807, 2.05) is 99.7 Å². The van der Waals surface area contributed by atoms with E-state index in [0.717, 1.165) is 28.1 Å². The number of aromatic nitrogens is 1. The number of aliphatic hydroxyl groups excluding tert-OH is 5. The average molecular weight is 677 g/mol. The molecule has 0 saturated heterocycles. The molecule has 1 amide bonds. The van der Waals surface area contributed by atoms with Gasteiger partial charge in [-0.3, -0.25) is 4.79 Å². The number of benzene rings is 2. The Kier molecular flexibility index (Phi) is 17.9. The van der Waals surface area contributed by atoms with Gasteiger partial charge in [-0.2, -0.15) is 0 Å². The molecule has 2 aromatic carbocycles. The van der Waals surface area contributed by atoms with Crippen molar-refractivity contribution in [2.24, 2.45) is 0 Å². The number of rotatable bonds is 17. The van der Waals surface area contributed by atoms with Crippen LogP contribution >= 0.6 is 0 Å². The molecule has 3 rings (SSSR count). The van der Waals surface area contributed by atoms with Crippen molar-refractivity contribution in [1.82, 2.24) is 4.57 Å². The van der Waals surface area contributed by atoms with Crippen LogP contribution in [0.25, 0.3) is 17.2 Å². The van der Waals surface area contributed by atoms with E-state index < -0.39 is 30.9 Å². The van der Waals surface area contributed by atoms with Gasteiger partial charge >= 0.3 is 0 Å². The Hall–Kier alpha value is -3.87. The Bertz CT molecular complexity index is 1480. The van der Waals surface area contributed by atoms with Gasteiger partial charge in [0.1, 0.15) is 0 Å². The molecule has 3 aromatic rings. The number of nitrogens with zero attached hydrogens (tertiary/aromatic N) is 1. The van der Waals surface area contributed by atoms with Crippen molar-refractivity contribution in [2.75, 3.05) is 5.32 Å². The third-order valence-electron chi connectivity index (χ3n) is 7.80. The predicted molar refractivity (Wildman–Crippen MR) is 190 cm³/mol. The van der Waals surface area contributed by atoms with E-state index in [2.05, 4.69) is 16.5 Å². The van der Waals surface area contributed by atoms with E-state index in [1.165, 1.54) is 0 Å². The first kappa shape index (κ1) is 41.3. The first-order valence-corrected chi connectivity index (χ1v) is 16.7. The first-order valence-electron chi connectivity index (χ1n) is 16.7. The Morgan fingerprint density at radius 1 is 0.878 bits per heavy atom. The second-order valence-corrected chi connectivity index (χ2v) is 12.3. The molecule has 49 heavy (non-hydrogen) atoms. The van der Waals surface area contributed by atoms with Crippen molar-refractivity contribution in [3.63, 3.8) is 0 Å². The number of hydrogen-bond acceptors (Lipinski definition) is 8. The molecule has 0 spiro atoms. The molecule has 0 saturated carbocycles. The lowest BCUT2D eigenvalue weighted by molar-refractivity contribution is -0.486. The molecule has 0 fully saturated rings. The van der Waals surface area contributed by atoms with Gasteiger partial charge in [-0.1, -0.05) is 99.7 Å². The number of nitrogens with one attached hydrogen (secondary N) is 1. The Balaban J connectivity index is 0.000000924. The summed E-state index contributed by atoms with van der Waals surface area (Å²) < 4.78 is 2.07. The molecule has 268 valence electrons. The van der Waals surface area contributed by atoms with E-state index in [0.29, 0.717) is 24.2 Å². The van der Waals surface area contributed by atoms with E-state index in [-0.39, 0.29) is 37.5 Å². The third kappa shape index (κ3) is 13.9. The van der Waals surface area contributed by atoms with Gasteiger partial charge in [-0.25, -0.2) is 0 Å². The highest BCUT2D eigenvalue weighted by Crippen LogP contribution is 2.38. The second kappa shape index (κ2) is 21.3. The molecule has 4 unspecified atom stereocenters. The molecule has 6 N–H and O–H groups in total. The van der Waals surface area contributed by atoms with Crippen molar-refractivity contribution in [1.29, 1.82) is 0 Å². The van der Waals surface area contributed by atoms with E-state index in [1.54, 1.807) is 13.0 Å². The summed E-state index contributed by atoms with van der Waals surface area (Å²) in [5.74, 6) is -0.273. The van der Waals surface area contributed by atoms with Gasteiger partial charge in [-0.15, -0.1) is 0 Å². The molecule has 0 aliphatic heterocycles. The molecule has 0 aliphatic rings. The quantitative estimate of drug-likeness (QED) is 0.0914. The Labute approximate surface area is 290 Å². The zero-order valence-electron chi connectivity index (χ0n) is 28.9. The summed E-state index contributed by atoms with van der Waals surface area (Å²) in [7, 11) is 0. The normalized spacial score (nSPS) is 14.9. The van der Waals surface area contributed by atoms with Gasteiger partial charge in [0.25, 0.3) is 5.91 Å². The number of anilines is 1. The zero-order chi connectivity index (χ0) is 36.5. The van der Waals surface area contributed by atoms with Gasteiger partial charge in [0, 0.05) is 29.2 Å². The second-order valence-electron chi connectivity index (χ2n) is 12.3. The molecule has 0 aliphatic carbocycles. The summed E-state index contributed by atoms with van der Waals surface area (Å²) in [6.45, 7) is 12.0. The lowest BCUT2D eigenvalue weighted by Gasteiger charge is -2.22. The van der Waals surface area contributed by atoms with Crippen LogP contribution in [0.1, 0.15) is 87.5 Å². The van der Waals surface area contributed by atoms with Crippen LogP contribution in [0.3, 0.4) is 0 Å². The van der Waals surface area contributed by atoms with Gasteiger partial charge in [0.15, 0.2) is 0 Å². The largest absolute Gasteiger partial charge is 0.831 e. The lowest BCUT2D eigenvalue weighted by atomic mass is 9.96. The summed E-state index contributed by atoms with van der Waals surface area (Å²) >= 11 is 0. The van der Waals surface area contributed by atoms with Crippen LogP contribution in [-0.4, -0.2) is 66.9 Å². The minimum absolute atomic E-state index is 0.0308. The fraction of sp³-hybridized carbons (Fsp3) is 0.410. The molecule has 5 atom stereocenters. The summed E-state index contributed by atoms with van der Waals surface area (Å²) in [6, 6.07) is 19.1. The zero-order valence-corrected chi connectivity index (χ0v) is 28.9. The third-order valence-corrected chi connectivity index (χ3v) is 7.80. The molecule has 0 radical (unpaired) electrons. The molecular formula is C39H52N2O8-2. The van der Waals surface area contributed by atoms with E-state index in [9.17, 15) is 25.2 Å². The van der Waals surface area contributed by atoms with Crippen LogP contribution in [0, 0.1) is 0 Å². The van der Waals surface area contributed by atoms with Crippen LogP contribution in [-0.2, 0) is 6.54 Å². The van der Waals surface area contributed by atoms with Crippen LogP contribution in [0.4, 0.5) is 5.69 Å². The molecule has 1 heterocycles. The molecular weight excluding hydrogens is 624 g/mol. The summed E-state index contributed by atoms with van der Waals surface area (Å²) in [5, 5.41) is 70.7. The van der Waals surface area contributed by atoms with Crippen LogP contribution in [0.5, 0.6) is 0 Å². The molecule has 0 bridgehead atoms. The maximum absolute atomic E-state index is 14.0. The molecule has 10 heteroatoms. The number of hydrogen-bond donors (Lipinski definition) is 6. The highest BCUT2D eigenvalue weighted by atomic mass is 16.5. The number of carbonyl (C=O) groups excluding carboxylic acids is 1. The minimum atomic E-state index is -1.89. The predicted octanol–water partition coefficient (Wildman–Crippen LogP) is 4.07. The number of carbonyl (C=O) groups is 1. The van der Waals surface area contributed by atoms with Crippen molar-refractivity contribution in [2.45, 2.75) is 103 Å². The first-order chi connectivity index (χ1) is 23.3. The monoisotopic (exact) mass is 676 g/mol. The number of aliphatic hydroxyl groups is 5. The van der Waals surface area contributed by atoms with Crippen molar-refractivity contribution >= 4 is 17.7 Å². The minimum Gasteiger partial charge on any atom is -0.831 e. The van der Waals surface area contributed by atoms with Gasteiger partial charge in [0.2, 0.25) is 0 Å². The van der Waals surface area contributed by atoms with E-state index in [4.69, 9.17) is 15.3 Å². The maximum Gasteiger partial charge on any atom is 0.258 e. The molecule has 10 nitrogen and oxygen atoms in total. The Morgan fingerprint density at radius 2 is 1.45 bits per heavy atom. The highest BCUT2D eigenvalue weighted by Gasteiger charge is 2.29. The fourth-order valence-corrected chi connectivity index (χ4v) is 5.31. The van der Waals surface area contributed by atoms with Crippen LogP contribution < -0.4 is 15.5 Å². The van der Waals surface area contributed by atoms with Gasteiger partial charge in [0.05, 0.1) is 23.9 Å². The fourth-order valence-electron chi connectivity index (χ4n) is 5.31. The van der Waals surface area contributed by atoms with Crippen LogP contribution in [0.2, 0.25) is 0 Å². The maximum atomic E-state index is 14.0. The number of para-hydroxylation sites is 1. The number of amides is 1. The SMILES string of the molecule is C=C/C(C)=C\C=C\c1c(-c2ccccc2)c(C(=O)Nc2ccccc2)c(C(C)C)n1CCC(O)CC(O)CC([O-])O.CC[C@H](O)CC([O-])O. The summed E-state index contributed by atoms with van der Waals surface area (Å²) in [6.07, 6.45) is 1.80. The Morgan fingerprint density at radius 3 is 1.96 bits per heavy atom. The summed E-state index contributed by atoms with van der Waals surface area (Å²) in [4.78, 5) is 14.0. The topological polar surface area (TPSA) is 181 Å². The average Bonchev–Trinajstić information content (AvgIpc) is 3.38. The molecule has 1 aromatic heterocycles. The van der Waals surface area contributed by atoms with Gasteiger partial charge in [-0.05, 0) is 81.3 Å². The van der Waals surface area contributed by atoms with Crippen molar-refractivity contribution < 1.29 is 40.5 Å². The smallest absolute Gasteiger partial charge is 0.258 e. The highest BCUT2D eigenvalue weighted by molar-refractivity contribution is 6.11. The van der Waals surface area contributed by atoms with E-state index >= 15 is 0 Å². The number of allylic oxidation sites excluding steroid dienone is 4. The van der Waals surface area contributed by atoms with Crippen molar-refractivity contribution in [3.05, 3.63) is 108 Å². The van der Waals surface area contributed by atoms with Crippen LogP contribution in [0.15, 0.2) is 91.0 Å². The standard InChI is InChI=1S/C34H41N2O5.C5H11O3/c1-5-24(4)13-12-18-29-31(25-14-8-6-9-15-25)32(34(41)35-26-16-10-7-11-17-26)33(23(2)3)36(29)20-19-27(37)21-28(38)22-30(39)40;1-2-4(6)3-5(7)8/h5-18,23,27-28,30,37-39H,1,19-22H2,2-4H3,(H,35,41);4-7H,2-3H2,1H3/q2*-1/b18-12+,24-13-;/t;4-,5?/m.0/s1. The van der Waals surface area contributed by atoms with Crippen molar-refractivity contribution in [3.8, 4) is 11.1 Å². The summed E-state index contributed by atoms with van der Waals surface area (Å²) in [5.41, 5.74) is 5.53. The lowest BCUT2D eigenvalue weighted by Crippen LogP contribution is -2.31. The van der Waals surface area contributed by atoms with Gasteiger partial charge < -0.3 is 45.6 Å².